The molecule has 0 amide bonds. The quantitative estimate of drug-likeness (QED) is 0.263. The topological polar surface area (TPSA) is 43.1 Å². The van der Waals surface area contributed by atoms with E-state index in [1.54, 1.807) is 0 Å². The molecule has 2 aliphatic rings. The van der Waals surface area contributed by atoms with Crippen LogP contribution in [-0.4, -0.2) is 9.19 Å². The van der Waals surface area contributed by atoms with E-state index >= 15 is 0 Å². The van der Waals surface area contributed by atoms with Crippen molar-refractivity contribution in [2.75, 3.05) is 0 Å². The second-order valence-electron chi connectivity index (χ2n) is 8.52. The van der Waals surface area contributed by atoms with Gasteiger partial charge in [0.25, 0.3) is 0 Å². The average Bonchev–Trinajstić information content (AvgIpc) is 3.32. The van der Waals surface area contributed by atoms with Gasteiger partial charge < -0.3 is 4.42 Å². The zero-order chi connectivity index (χ0) is 23.4. The van der Waals surface area contributed by atoms with Crippen molar-refractivity contribution in [3.05, 3.63) is 115 Å². The second-order valence-corrected chi connectivity index (χ2v) is 9.97. The Balaban J connectivity index is 1.56. The van der Waals surface area contributed by atoms with E-state index in [9.17, 15) is 4.21 Å². The van der Waals surface area contributed by atoms with Crippen LogP contribution in [-0.2, 0) is 10.8 Å². The number of hydrogen-bond donors (Lipinski definition) is 0. The largest absolute Gasteiger partial charge is 0.455 e. The molecular formula is C31H19NO2S. The Morgan fingerprint density at radius 1 is 0.600 bits per heavy atom. The first-order chi connectivity index (χ1) is 17.3. The molecule has 5 aromatic rings. The maximum absolute atomic E-state index is 13.5. The third kappa shape index (κ3) is 3.11. The van der Waals surface area contributed by atoms with Crippen molar-refractivity contribution in [3.8, 4) is 22.6 Å². The minimum atomic E-state index is -1.29. The van der Waals surface area contributed by atoms with Gasteiger partial charge in [-0.3, -0.25) is 0 Å². The Morgan fingerprint density at radius 3 is 2.09 bits per heavy atom. The molecule has 5 aromatic carbocycles. The SMILES string of the molecule is O=S(c1ccccc1)c1ccc(-c2oc3ccccc3c3nc4ccccc4c2-3)c2ccccc12. The normalized spacial score (nSPS) is 12.6. The molecular weight excluding hydrogens is 450 g/mol. The first-order valence-electron chi connectivity index (χ1n) is 11.5. The minimum absolute atomic E-state index is 0.778. The van der Waals surface area contributed by atoms with Gasteiger partial charge in [0.1, 0.15) is 11.3 Å². The van der Waals surface area contributed by atoms with Crippen LogP contribution in [0, 0.1) is 0 Å². The lowest BCUT2D eigenvalue weighted by Crippen LogP contribution is -1.96. The zero-order valence-corrected chi connectivity index (χ0v) is 19.5. The van der Waals surface area contributed by atoms with Crippen molar-refractivity contribution in [2.24, 2.45) is 0 Å². The summed E-state index contributed by atoms with van der Waals surface area (Å²) in [5.74, 6) is 0.778. The van der Waals surface area contributed by atoms with E-state index in [2.05, 4.69) is 18.2 Å². The molecule has 166 valence electrons. The molecule has 35 heavy (non-hydrogen) atoms. The van der Waals surface area contributed by atoms with Crippen LogP contribution in [0.25, 0.3) is 55.2 Å². The van der Waals surface area contributed by atoms with Crippen LogP contribution in [0.2, 0.25) is 0 Å². The summed E-state index contributed by atoms with van der Waals surface area (Å²) in [5, 5.41) is 4.01. The molecule has 0 fully saturated rings. The summed E-state index contributed by atoms with van der Waals surface area (Å²) in [5.41, 5.74) is 4.63. The molecule has 0 radical (unpaired) electrons. The van der Waals surface area contributed by atoms with Gasteiger partial charge in [0.05, 0.1) is 32.5 Å². The summed E-state index contributed by atoms with van der Waals surface area (Å²) in [6, 6.07) is 37.9. The van der Waals surface area contributed by atoms with E-state index in [1.807, 2.05) is 97.1 Å². The first kappa shape index (κ1) is 20.1. The summed E-state index contributed by atoms with van der Waals surface area (Å²) >= 11 is 0. The van der Waals surface area contributed by atoms with Crippen molar-refractivity contribution in [1.82, 2.24) is 4.98 Å². The molecule has 1 unspecified atom stereocenters. The lowest BCUT2D eigenvalue weighted by Gasteiger charge is -2.15. The Hall–Kier alpha value is -4.28. The van der Waals surface area contributed by atoms with Crippen molar-refractivity contribution >= 4 is 43.4 Å². The Bertz CT molecular complexity index is 1870. The second kappa shape index (κ2) is 7.90. The van der Waals surface area contributed by atoms with Crippen molar-refractivity contribution in [2.45, 2.75) is 9.79 Å². The van der Waals surface area contributed by atoms with Gasteiger partial charge in [-0.1, -0.05) is 72.8 Å². The van der Waals surface area contributed by atoms with Crippen LogP contribution >= 0.6 is 0 Å². The molecule has 3 nitrogen and oxygen atoms in total. The Morgan fingerprint density at radius 2 is 1.26 bits per heavy atom. The van der Waals surface area contributed by atoms with Gasteiger partial charge in [-0.25, -0.2) is 9.19 Å². The summed E-state index contributed by atoms with van der Waals surface area (Å²) in [6.07, 6.45) is 0. The van der Waals surface area contributed by atoms with E-state index in [1.165, 1.54) is 0 Å². The average molecular weight is 470 g/mol. The number of nitrogens with zero attached hydrogens (tertiary/aromatic N) is 1. The Labute approximate surface area is 204 Å². The fourth-order valence-electron chi connectivity index (χ4n) is 4.92. The molecule has 0 saturated carbocycles. The first-order valence-corrected chi connectivity index (χ1v) is 12.6. The number of fused-ring (bicyclic) bond motifs is 6. The van der Waals surface area contributed by atoms with Gasteiger partial charge in [-0.15, -0.1) is 0 Å². The van der Waals surface area contributed by atoms with E-state index in [-0.39, 0.29) is 0 Å². The lowest BCUT2D eigenvalue weighted by atomic mass is 9.96. The molecule has 4 heteroatoms. The van der Waals surface area contributed by atoms with Crippen LogP contribution in [0.4, 0.5) is 0 Å². The van der Waals surface area contributed by atoms with Crippen molar-refractivity contribution in [3.63, 3.8) is 0 Å². The number of aromatic nitrogens is 1. The van der Waals surface area contributed by atoms with Gasteiger partial charge in [0, 0.05) is 21.2 Å². The Kier molecular flexibility index (Phi) is 4.54. The third-order valence-corrected chi connectivity index (χ3v) is 7.97. The lowest BCUT2D eigenvalue weighted by molar-refractivity contribution is 0.622. The molecule has 0 spiro atoms. The fraction of sp³-hybridized carbons (Fsp3) is 0. The maximum atomic E-state index is 13.5. The molecule has 0 bridgehead atoms. The van der Waals surface area contributed by atoms with Crippen LogP contribution in [0.5, 0.6) is 0 Å². The van der Waals surface area contributed by atoms with E-state index < -0.39 is 10.8 Å². The van der Waals surface area contributed by atoms with Crippen LogP contribution in [0.15, 0.2) is 129 Å². The van der Waals surface area contributed by atoms with Crippen molar-refractivity contribution in [1.29, 1.82) is 0 Å². The van der Waals surface area contributed by atoms with Crippen molar-refractivity contribution < 1.29 is 8.63 Å². The van der Waals surface area contributed by atoms with E-state index in [0.717, 1.165) is 65.0 Å². The predicted octanol–water partition coefficient (Wildman–Crippen LogP) is 8.07. The highest BCUT2D eigenvalue weighted by molar-refractivity contribution is 7.85. The zero-order valence-electron chi connectivity index (χ0n) is 18.6. The monoisotopic (exact) mass is 469 g/mol. The number of para-hydroxylation sites is 2. The molecule has 2 aliphatic heterocycles. The third-order valence-electron chi connectivity index (χ3n) is 6.51. The maximum Gasteiger partial charge on any atom is 0.145 e. The fourth-order valence-corrected chi connectivity index (χ4v) is 6.14. The highest BCUT2D eigenvalue weighted by Gasteiger charge is 2.24. The standard InChI is InChI=1S/C31H19NO2S/c33-35(20-10-2-1-3-11-20)28-19-18-23(21-12-4-5-13-22(21)28)31-29-24-14-6-8-16-26(24)32-30(29)25-15-7-9-17-27(25)34-31/h1-19H. The number of rotatable bonds is 3. The van der Waals surface area contributed by atoms with E-state index in [0.29, 0.717) is 0 Å². The molecule has 1 atom stereocenters. The van der Waals surface area contributed by atoms with Gasteiger partial charge in [0.15, 0.2) is 0 Å². The highest BCUT2D eigenvalue weighted by Crippen LogP contribution is 2.46. The molecule has 0 aromatic heterocycles. The van der Waals surface area contributed by atoms with Gasteiger partial charge in [0.2, 0.25) is 0 Å². The van der Waals surface area contributed by atoms with Gasteiger partial charge in [-0.2, -0.15) is 0 Å². The molecule has 0 N–H and O–H groups in total. The molecule has 2 heterocycles. The summed E-state index contributed by atoms with van der Waals surface area (Å²) < 4.78 is 20.1. The summed E-state index contributed by atoms with van der Waals surface area (Å²) in [7, 11) is -1.29. The number of benzene rings is 5. The highest BCUT2D eigenvalue weighted by atomic mass is 32.2. The van der Waals surface area contributed by atoms with E-state index in [4.69, 9.17) is 9.40 Å². The van der Waals surface area contributed by atoms with Crippen LogP contribution in [0.1, 0.15) is 0 Å². The molecule has 0 aliphatic carbocycles. The summed E-state index contributed by atoms with van der Waals surface area (Å²) in [6.45, 7) is 0. The smallest absolute Gasteiger partial charge is 0.145 e. The van der Waals surface area contributed by atoms with Crippen LogP contribution < -0.4 is 0 Å². The summed E-state index contributed by atoms with van der Waals surface area (Å²) in [4.78, 5) is 6.56. The van der Waals surface area contributed by atoms with Gasteiger partial charge >= 0.3 is 0 Å². The molecule has 7 rings (SSSR count). The van der Waals surface area contributed by atoms with Crippen LogP contribution in [0.3, 0.4) is 0 Å². The number of hydrogen-bond acceptors (Lipinski definition) is 3. The molecule has 0 saturated heterocycles. The minimum Gasteiger partial charge on any atom is -0.455 e. The van der Waals surface area contributed by atoms with Gasteiger partial charge in [-0.05, 0) is 53.2 Å². The predicted molar refractivity (Wildman–Crippen MR) is 142 cm³/mol.